The number of carbonyl (C=O) groups is 4. The Bertz CT molecular complexity index is 900. The molecule has 0 aliphatic carbocycles. The average Bonchev–Trinajstić information content (AvgIpc) is 2.59. The van der Waals surface area contributed by atoms with Crippen LogP contribution in [0.5, 0.6) is 0 Å². The molecule has 0 aromatic heterocycles. The number of benzene rings is 2. The van der Waals surface area contributed by atoms with Crippen LogP contribution in [-0.2, 0) is 0 Å². The molecule has 9 heteroatoms. The second-order valence-corrected chi connectivity index (χ2v) is 10.6. The molecule has 8 nitrogen and oxygen atoms in total. The third-order valence-corrected chi connectivity index (χ3v) is 7.89. The average molecular weight is 388 g/mol. The van der Waals surface area contributed by atoms with Gasteiger partial charge in [-0.3, -0.25) is 0 Å². The van der Waals surface area contributed by atoms with Crippen molar-refractivity contribution in [3.05, 3.63) is 58.7 Å². The van der Waals surface area contributed by atoms with Gasteiger partial charge in [-0.05, 0) is 22.5 Å². The molecule has 0 spiro atoms. The van der Waals surface area contributed by atoms with Crippen LogP contribution in [0, 0.1) is 0 Å². The van der Waals surface area contributed by atoms with E-state index < -0.39 is 54.2 Å². The normalized spacial score (nSPS) is 11.0. The highest BCUT2D eigenvalue weighted by Gasteiger charge is 2.37. The lowest BCUT2D eigenvalue weighted by Gasteiger charge is -2.28. The van der Waals surface area contributed by atoms with Gasteiger partial charge in [-0.2, -0.15) is 0 Å². The lowest BCUT2D eigenvalue weighted by atomic mass is 10.1. The van der Waals surface area contributed by atoms with E-state index in [1.54, 1.807) is 13.1 Å². The molecular weight excluding hydrogens is 372 g/mol. The Morgan fingerprint density at radius 3 is 1.22 bits per heavy atom. The fourth-order valence-corrected chi connectivity index (χ4v) is 6.16. The van der Waals surface area contributed by atoms with Crippen LogP contribution in [0.3, 0.4) is 0 Å². The van der Waals surface area contributed by atoms with Crippen molar-refractivity contribution in [2.24, 2.45) is 0 Å². The monoisotopic (exact) mass is 388 g/mol. The first kappa shape index (κ1) is 19.9. The zero-order valence-electron chi connectivity index (χ0n) is 14.4. The van der Waals surface area contributed by atoms with Gasteiger partial charge in [-0.15, -0.1) is 0 Å². The largest absolute Gasteiger partial charge is 0.478 e. The van der Waals surface area contributed by atoms with E-state index in [0.29, 0.717) is 0 Å². The number of aromatic carboxylic acids is 4. The second-order valence-electron chi connectivity index (χ2n) is 6.30. The number of carboxylic acid groups (broad SMARTS) is 4. The van der Waals surface area contributed by atoms with Crippen molar-refractivity contribution < 1.29 is 39.6 Å². The molecule has 0 bridgehead atoms. The van der Waals surface area contributed by atoms with E-state index in [9.17, 15) is 39.6 Å². The Kier molecular flexibility index (Phi) is 5.18. The van der Waals surface area contributed by atoms with Gasteiger partial charge in [0.1, 0.15) is 8.07 Å². The van der Waals surface area contributed by atoms with Crippen molar-refractivity contribution in [1.29, 1.82) is 0 Å². The first-order chi connectivity index (χ1) is 12.5. The molecule has 27 heavy (non-hydrogen) atoms. The first-order valence-corrected chi connectivity index (χ1v) is 10.7. The van der Waals surface area contributed by atoms with Crippen LogP contribution in [0.4, 0.5) is 0 Å². The van der Waals surface area contributed by atoms with E-state index in [2.05, 4.69) is 0 Å². The van der Waals surface area contributed by atoms with E-state index >= 15 is 0 Å². The molecule has 140 valence electrons. The van der Waals surface area contributed by atoms with E-state index in [1.165, 1.54) is 24.3 Å². The van der Waals surface area contributed by atoms with Gasteiger partial charge in [0.05, 0.1) is 22.3 Å². The minimum absolute atomic E-state index is 0.194. The molecule has 0 aliphatic heterocycles. The van der Waals surface area contributed by atoms with E-state index in [-0.39, 0.29) is 10.4 Å². The molecule has 0 unspecified atom stereocenters. The highest BCUT2D eigenvalue weighted by molar-refractivity contribution is 7.01. The van der Waals surface area contributed by atoms with Crippen molar-refractivity contribution in [3.8, 4) is 0 Å². The SMILES string of the molecule is C[Si](C)(c1cccc(C(=O)O)c1C(=O)O)c1cccc(C(=O)O)c1C(=O)O. The van der Waals surface area contributed by atoms with Crippen molar-refractivity contribution in [2.75, 3.05) is 0 Å². The Morgan fingerprint density at radius 1 is 0.630 bits per heavy atom. The van der Waals surface area contributed by atoms with Crippen LogP contribution >= 0.6 is 0 Å². The van der Waals surface area contributed by atoms with Crippen LogP contribution in [0.15, 0.2) is 36.4 Å². The molecule has 4 N–H and O–H groups in total. The third-order valence-electron chi connectivity index (χ3n) is 4.36. The molecule has 0 radical (unpaired) electrons. The first-order valence-electron chi connectivity index (χ1n) is 7.70. The summed E-state index contributed by atoms with van der Waals surface area (Å²) in [4.78, 5) is 46.4. The summed E-state index contributed by atoms with van der Waals surface area (Å²) in [5.41, 5.74) is -1.66. The minimum atomic E-state index is -3.11. The van der Waals surface area contributed by atoms with Gasteiger partial charge in [0.2, 0.25) is 0 Å². The van der Waals surface area contributed by atoms with Crippen LogP contribution in [0.2, 0.25) is 13.1 Å². The molecule has 2 rings (SSSR count). The third kappa shape index (κ3) is 3.44. The van der Waals surface area contributed by atoms with Gasteiger partial charge in [-0.25, -0.2) is 19.2 Å². The van der Waals surface area contributed by atoms with Crippen LogP contribution < -0.4 is 10.4 Å². The second kappa shape index (κ2) is 7.04. The quantitative estimate of drug-likeness (QED) is 0.541. The molecule has 0 fully saturated rings. The summed E-state index contributed by atoms with van der Waals surface area (Å²) in [5, 5.41) is 38.2. The van der Waals surface area contributed by atoms with Gasteiger partial charge in [0, 0.05) is 0 Å². The zero-order chi connectivity index (χ0) is 20.5. The molecule has 0 atom stereocenters. The summed E-state index contributed by atoms with van der Waals surface area (Å²) >= 11 is 0. The van der Waals surface area contributed by atoms with Crippen molar-refractivity contribution in [2.45, 2.75) is 13.1 Å². The molecule has 0 heterocycles. The summed E-state index contributed by atoms with van der Waals surface area (Å²) in [6.07, 6.45) is 0. The number of rotatable bonds is 6. The molecule has 0 saturated heterocycles. The van der Waals surface area contributed by atoms with Gasteiger partial charge in [-0.1, -0.05) is 37.4 Å². The lowest BCUT2D eigenvalue weighted by Crippen LogP contribution is -2.57. The number of carboxylic acids is 4. The fourth-order valence-electron chi connectivity index (χ4n) is 3.11. The maximum Gasteiger partial charge on any atom is 0.336 e. The van der Waals surface area contributed by atoms with E-state index in [4.69, 9.17) is 0 Å². The van der Waals surface area contributed by atoms with Gasteiger partial charge >= 0.3 is 23.9 Å². The number of hydrogen-bond acceptors (Lipinski definition) is 4. The van der Waals surface area contributed by atoms with Crippen molar-refractivity contribution >= 4 is 42.3 Å². The maximum atomic E-state index is 11.8. The highest BCUT2D eigenvalue weighted by Crippen LogP contribution is 2.17. The number of hydrogen-bond donors (Lipinski definition) is 4. The molecule has 2 aromatic rings. The molecule has 2 aromatic carbocycles. The fraction of sp³-hybridized carbons (Fsp3) is 0.111. The minimum Gasteiger partial charge on any atom is -0.478 e. The summed E-state index contributed by atoms with van der Waals surface area (Å²) in [6.45, 7) is 3.29. The Balaban J connectivity index is 2.90. The molecular formula is C18H16O8Si. The smallest absolute Gasteiger partial charge is 0.336 e. The summed E-state index contributed by atoms with van der Waals surface area (Å²) in [7, 11) is -3.11. The lowest BCUT2D eigenvalue weighted by molar-refractivity contribution is 0.0652. The Morgan fingerprint density at radius 2 is 0.963 bits per heavy atom. The van der Waals surface area contributed by atoms with Gasteiger partial charge in [0.15, 0.2) is 0 Å². The summed E-state index contributed by atoms with van der Waals surface area (Å²) in [6, 6.07) is 7.99. The maximum absolute atomic E-state index is 11.8. The Hall–Kier alpha value is -3.46. The molecule has 0 saturated carbocycles. The zero-order valence-corrected chi connectivity index (χ0v) is 15.4. The highest BCUT2D eigenvalue weighted by atomic mass is 28.3. The van der Waals surface area contributed by atoms with Crippen molar-refractivity contribution in [1.82, 2.24) is 0 Å². The summed E-state index contributed by atoms with van der Waals surface area (Å²) < 4.78 is 0. The van der Waals surface area contributed by atoms with E-state index in [1.807, 2.05) is 0 Å². The Labute approximate surface area is 154 Å². The molecule has 0 amide bonds. The standard InChI is InChI=1S/C18H16O8Si/c1-27(2,11-7-3-5-9(15(19)20)13(11)17(23)24)12-8-4-6-10(16(21)22)14(12)18(25)26/h3-8H,1-2H3,(H,19,20)(H,21,22)(H,23,24)(H,25,26). The van der Waals surface area contributed by atoms with Gasteiger partial charge in [0.25, 0.3) is 0 Å². The summed E-state index contributed by atoms with van der Waals surface area (Å²) in [5.74, 6) is -5.74. The van der Waals surface area contributed by atoms with Crippen LogP contribution in [-0.4, -0.2) is 52.4 Å². The predicted octanol–water partition coefficient (Wildman–Crippen LogP) is 1.30. The molecule has 0 aliphatic rings. The van der Waals surface area contributed by atoms with Crippen LogP contribution in [0.1, 0.15) is 41.4 Å². The predicted molar refractivity (Wildman–Crippen MR) is 97.5 cm³/mol. The van der Waals surface area contributed by atoms with E-state index in [0.717, 1.165) is 12.1 Å². The topological polar surface area (TPSA) is 149 Å². The van der Waals surface area contributed by atoms with Gasteiger partial charge < -0.3 is 20.4 Å². The van der Waals surface area contributed by atoms with Crippen molar-refractivity contribution in [3.63, 3.8) is 0 Å². The van der Waals surface area contributed by atoms with Crippen LogP contribution in [0.25, 0.3) is 0 Å².